The first-order chi connectivity index (χ1) is 6.63. The SMILES string of the molecule is CC1CCC(CS(=O)C(C)CCN)O1. The maximum absolute atomic E-state index is 11.8. The van der Waals surface area contributed by atoms with Crippen LogP contribution < -0.4 is 5.73 Å². The van der Waals surface area contributed by atoms with Gasteiger partial charge in [-0.15, -0.1) is 0 Å². The van der Waals surface area contributed by atoms with Crippen molar-refractivity contribution in [2.45, 2.75) is 50.6 Å². The summed E-state index contributed by atoms with van der Waals surface area (Å²) < 4.78 is 17.4. The van der Waals surface area contributed by atoms with Gasteiger partial charge in [0.15, 0.2) is 0 Å². The van der Waals surface area contributed by atoms with Crippen molar-refractivity contribution in [2.75, 3.05) is 12.3 Å². The summed E-state index contributed by atoms with van der Waals surface area (Å²) in [5, 5.41) is 0.208. The van der Waals surface area contributed by atoms with Crippen LogP contribution in [0.2, 0.25) is 0 Å². The van der Waals surface area contributed by atoms with Crippen molar-refractivity contribution >= 4 is 10.8 Å². The van der Waals surface area contributed by atoms with Gasteiger partial charge in [0.25, 0.3) is 0 Å². The molecule has 0 spiro atoms. The van der Waals surface area contributed by atoms with Crippen LogP contribution in [0.1, 0.15) is 33.1 Å². The minimum absolute atomic E-state index is 0.208. The van der Waals surface area contributed by atoms with Gasteiger partial charge in [-0.25, -0.2) is 0 Å². The third-order valence-electron chi connectivity index (χ3n) is 2.69. The Kier molecular flexibility index (Phi) is 5.06. The standard InChI is InChI=1S/C10H21NO2S/c1-8-3-4-10(13-8)7-14(12)9(2)5-6-11/h8-10H,3-7,11H2,1-2H3. The normalized spacial score (nSPS) is 31.6. The van der Waals surface area contributed by atoms with Crippen LogP contribution in [-0.4, -0.2) is 34.0 Å². The van der Waals surface area contributed by atoms with Gasteiger partial charge in [-0.1, -0.05) is 6.92 Å². The molecule has 1 fully saturated rings. The number of nitrogens with two attached hydrogens (primary N) is 1. The van der Waals surface area contributed by atoms with Crippen LogP contribution in [0.15, 0.2) is 0 Å². The molecule has 1 rings (SSSR count). The van der Waals surface area contributed by atoms with Crippen molar-refractivity contribution in [1.82, 2.24) is 0 Å². The van der Waals surface area contributed by atoms with E-state index in [1.807, 2.05) is 6.92 Å². The lowest BCUT2D eigenvalue weighted by Gasteiger charge is -2.14. The zero-order chi connectivity index (χ0) is 10.6. The van der Waals surface area contributed by atoms with E-state index >= 15 is 0 Å². The summed E-state index contributed by atoms with van der Waals surface area (Å²) >= 11 is 0. The van der Waals surface area contributed by atoms with Crippen molar-refractivity contribution in [3.8, 4) is 0 Å². The van der Waals surface area contributed by atoms with Crippen LogP contribution in [0.5, 0.6) is 0 Å². The van der Waals surface area contributed by atoms with Crippen LogP contribution in [-0.2, 0) is 15.5 Å². The highest BCUT2D eigenvalue weighted by molar-refractivity contribution is 7.85. The molecule has 0 aliphatic carbocycles. The van der Waals surface area contributed by atoms with E-state index in [-0.39, 0.29) is 11.4 Å². The van der Waals surface area contributed by atoms with Crippen molar-refractivity contribution in [3.05, 3.63) is 0 Å². The largest absolute Gasteiger partial charge is 0.374 e. The Bertz CT molecular complexity index is 199. The van der Waals surface area contributed by atoms with Gasteiger partial charge in [-0.3, -0.25) is 4.21 Å². The van der Waals surface area contributed by atoms with Gasteiger partial charge in [0.2, 0.25) is 0 Å². The number of hydrogen-bond donors (Lipinski definition) is 1. The lowest BCUT2D eigenvalue weighted by atomic mass is 10.2. The number of hydrogen-bond acceptors (Lipinski definition) is 3. The minimum atomic E-state index is -0.774. The summed E-state index contributed by atoms with van der Waals surface area (Å²) in [6, 6.07) is 0. The van der Waals surface area contributed by atoms with Crippen LogP contribution in [0.25, 0.3) is 0 Å². The van der Waals surface area contributed by atoms with Crippen molar-refractivity contribution in [2.24, 2.45) is 5.73 Å². The summed E-state index contributed by atoms with van der Waals surface area (Å²) in [7, 11) is -0.774. The lowest BCUT2D eigenvalue weighted by Crippen LogP contribution is -2.25. The first-order valence-electron chi connectivity index (χ1n) is 5.36. The average Bonchev–Trinajstić information content (AvgIpc) is 2.51. The maximum atomic E-state index is 11.8. The van der Waals surface area contributed by atoms with Gasteiger partial charge in [0.05, 0.1) is 18.0 Å². The third kappa shape index (κ3) is 3.67. The fourth-order valence-corrected chi connectivity index (χ4v) is 3.06. The third-order valence-corrected chi connectivity index (χ3v) is 4.53. The summed E-state index contributed by atoms with van der Waals surface area (Å²) in [5.41, 5.74) is 5.43. The van der Waals surface area contributed by atoms with Crippen LogP contribution in [0.3, 0.4) is 0 Å². The quantitative estimate of drug-likeness (QED) is 0.751. The Morgan fingerprint density at radius 2 is 2.29 bits per heavy atom. The van der Waals surface area contributed by atoms with E-state index in [1.165, 1.54) is 0 Å². The molecule has 0 bridgehead atoms. The second kappa shape index (κ2) is 5.83. The van der Waals surface area contributed by atoms with Crippen LogP contribution in [0.4, 0.5) is 0 Å². The second-order valence-electron chi connectivity index (χ2n) is 4.08. The summed E-state index contributed by atoms with van der Waals surface area (Å²) in [5.74, 6) is 0.686. The van der Waals surface area contributed by atoms with E-state index in [0.29, 0.717) is 18.4 Å². The lowest BCUT2D eigenvalue weighted by molar-refractivity contribution is 0.0694. The minimum Gasteiger partial charge on any atom is -0.374 e. The van der Waals surface area contributed by atoms with Gasteiger partial charge in [-0.2, -0.15) is 0 Å². The van der Waals surface area contributed by atoms with Crippen LogP contribution >= 0.6 is 0 Å². The Hall–Kier alpha value is 0.0700. The first-order valence-corrected chi connectivity index (χ1v) is 6.74. The highest BCUT2D eigenvalue weighted by Crippen LogP contribution is 2.20. The second-order valence-corrected chi connectivity index (χ2v) is 5.98. The van der Waals surface area contributed by atoms with E-state index in [4.69, 9.17) is 10.5 Å². The zero-order valence-electron chi connectivity index (χ0n) is 9.07. The van der Waals surface area contributed by atoms with Gasteiger partial charge in [0, 0.05) is 16.0 Å². The van der Waals surface area contributed by atoms with Gasteiger partial charge < -0.3 is 10.5 Å². The molecule has 0 aromatic heterocycles. The monoisotopic (exact) mass is 219 g/mol. The molecule has 0 amide bonds. The van der Waals surface area contributed by atoms with Gasteiger partial charge in [0.1, 0.15) is 0 Å². The molecular formula is C10H21NO2S. The van der Waals surface area contributed by atoms with Gasteiger partial charge in [-0.05, 0) is 32.7 Å². The predicted molar refractivity (Wildman–Crippen MR) is 59.7 cm³/mol. The van der Waals surface area contributed by atoms with Crippen LogP contribution in [0, 0.1) is 0 Å². The number of rotatable bonds is 5. The molecule has 84 valence electrons. The number of ether oxygens (including phenoxy) is 1. The van der Waals surface area contributed by atoms with E-state index in [2.05, 4.69) is 6.92 Å². The fourth-order valence-electron chi connectivity index (χ4n) is 1.72. The first kappa shape index (κ1) is 12.1. The molecule has 1 aliphatic rings. The molecule has 1 heterocycles. The summed E-state index contributed by atoms with van der Waals surface area (Å²) in [6.07, 6.45) is 3.57. The Morgan fingerprint density at radius 1 is 1.57 bits per heavy atom. The molecule has 3 nitrogen and oxygen atoms in total. The molecule has 0 aromatic rings. The van der Waals surface area contributed by atoms with Crippen molar-refractivity contribution < 1.29 is 8.95 Å². The summed E-state index contributed by atoms with van der Waals surface area (Å²) in [4.78, 5) is 0. The molecule has 4 atom stereocenters. The maximum Gasteiger partial charge on any atom is 0.0695 e. The molecule has 1 saturated heterocycles. The molecule has 4 heteroatoms. The molecule has 14 heavy (non-hydrogen) atoms. The topological polar surface area (TPSA) is 52.3 Å². The Morgan fingerprint density at radius 3 is 2.79 bits per heavy atom. The molecule has 1 aliphatic heterocycles. The molecule has 0 radical (unpaired) electrons. The Labute approximate surface area is 88.8 Å². The van der Waals surface area contributed by atoms with E-state index in [0.717, 1.165) is 19.3 Å². The fraction of sp³-hybridized carbons (Fsp3) is 1.00. The zero-order valence-corrected chi connectivity index (χ0v) is 9.89. The average molecular weight is 219 g/mol. The molecule has 0 aromatic carbocycles. The molecule has 4 unspecified atom stereocenters. The van der Waals surface area contributed by atoms with Crippen molar-refractivity contribution in [3.63, 3.8) is 0 Å². The summed E-state index contributed by atoms with van der Waals surface area (Å²) in [6.45, 7) is 4.70. The Balaban J connectivity index is 2.26. The predicted octanol–water partition coefficient (Wildman–Crippen LogP) is 1.04. The molecule has 2 N–H and O–H groups in total. The van der Waals surface area contributed by atoms with E-state index in [1.54, 1.807) is 0 Å². The van der Waals surface area contributed by atoms with Crippen molar-refractivity contribution in [1.29, 1.82) is 0 Å². The van der Waals surface area contributed by atoms with E-state index < -0.39 is 10.8 Å². The highest BCUT2D eigenvalue weighted by Gasteiger charge is 2.24. The molecule has 0 saturated carbocycles. The van der Waals surface area contributed by atoms with E-state index in [9.17, 15) is 4.21 Å². The highest BCUT2D eigenvalue weighted by atomic mass is 32.2. The van der Waals surface area contributed by atoms with Gasteiger partial charge >= 0.3 is 0 Å². The molecular weight excluding hydrogens is 198 g/mol. The smallest absolute Gasteiger partial charge is 0.0695 e.